The summed E-state index contributed by atoms with van der Waals surface area (Å²) in [6.07, 6.45) is 0.121. The molecule has 0 aromatic heterocycles. The maximum atomic E-state index is 12.4. The number of aliphatic carboxylic acids is 1. The molecule has 0 saturated heterocycles. The Bertz CT molecular complexity index is 622. The molecule has 0 aliphatic heterocycles. The van der Waals surface area contributed by atoms with Gasteiger partial charge in [-0.3, -0.25) is 9.59 Å². The van der Waals surface area contributed by atoms with E-state index < -0.39 is 17.9 Å². The lowest BCUT2D eigenvalue weighted by Crippen LogP contribution is -2.41. The number of amides is 1. The highest BCUT2D eigenvalue weighted by Crippen LogP contribution is 2.38. The maximum absolute atomic E-state index is 12.4. The molecule has 1 rings (SSSR count). The van der Waals surface area contributed by atoms with Crippen molar-refractivity contribution in [3.05, 3.63) is 17.7 Å². The molecule has 2 N–H and O–H groups in total. The zero-order valence-corrected chi connectivity index (χ0v) is 15.3. The van der Waals surface area contributed by atoms with Gasteiger partial charge in [0.2, 0.25) is 5.75 Å². The summed E-state index contributed by atoms with van der Waals surface area (Å²) < 4.78 is 15.5. The highest BCUT2D eigenvalue weighted by molar-refractivity contribution is 8.13. The number of hydrogen-bond acceptors (Lipinski definition) is 7. The molecular weight excluding hydrogens is 350 g/mol. The van der Waals surface area contributed by atoms with Crippen LogP contribution in [0, 0.1) is 0 Å². The van der Waals surface area contributed by atoms with Gasteiger partial charge in [0.15, 0.2) is 16.6 Å². The summed E-state index contributed by atoms with van der Waals surface area (Å²) in [6.45, 7) is 1.40. The molecule has 0 heterocycles. The Morgan fingerprint density at radius 1 is 1.12 bits per heavy atom. The number of nitrogens with one attached hydrogen (secondary N) is 1. The van der Waals surface area contributed by atoms with E-state index in [1.54, 1.807) is 0 Å². The fourth-order valence-electron chi connectivity index (χ4n) is 2.03. The topological polar surface area (TPSA) is 111 Å². The fraction of sp³-hybridized carbons (Fsp3) is 0.438. The van der Waals surface area contributed by atoms with Crippen molar-refractivity contribution in [1.82, 2.24) is 5.32 Å². The van der Waals surface area contributed by atoms with Crippen LogP contribution in [0.25, 0.3) is 0 Å². The molecule has 0 radical (unpaired) electrons. The number of ether oxygens (including phenoxy) is 3. The zero-order valence-electron chi connectivity index (χ0n) is 14.5. The Labute approximate surface area is 149 Å². The fourth-order valence-corrected chi connectivity index (χ4v) is 2.67. The predicted molar refractivity (Wildman–Crippen MR) is 92.7 cm³/mol. The van der Waals surface area contributed by atoms with Crippen molar-refractivity contribution in [3.63, 3.8) is 0 Å². The molecule has 25 heavy (non-hydrogen) atoms. The van der Waals surface area contributed by atoms with E-state index in [2.05, 4.69) is 5.32 Å². The number of carbonyl (C=O) groups excluding carboxylic acids is 2. The Hall–Kier alpha value is -2.42. The molecule has 1 amide bonds. The Morgan fingerprint density at radius 3 is 2.08 bits per heavy atom. The van der Waals surface area contributed by atoms with Crippen LogP contribution >= 0.6 is 11.8 Å². The standard InChI is InChI=1S/C16H21NO7S/c1-9(18)25-6-5-11(16(20)21)17-15(19)10-7-12(22-2)14(24-4)13(8-10)23-3/h7-8,11H,5-6H2,1-4H3,(H,17,19)(H,20,21). The van der Waals surface area contributed by atoms with Crippen molar-refractivity contribution in [2.45, 2.75) is 19.4 Å². The highest BCUT2D eigenvalue weighted by atomic mass is 32.2. The van der Waals surface area contributed by atoms with Gasteiger partial charge < -0.3 is 24.6 Å². The Kier molecular flexibility index (Phi) is 8.06. The van der Waals surface area contributed by atoms with Gasteiger partial charge in [0, 0.05) is 18.2 Å². The molecule has 0 spiro atoms. The smallest absolute Gasteiger partial charge is 0.326 e. The van der Waals surface area contributed by atoms with Gasteiger partial charge in [0.1, 0.15) is 6.04 Å². The van der Waals surface area contributed by atoms with Crippen molar-refractivity contribution in [1.29, 1.82) is 0 Å². The van der Waals surface area contributed by atoms with Crippen LogP contribution in [0.4, 0.5) is 0 Å². The molecule has 0 aliphatic carbocycles. The second-order valence-electron chi connectivity index (χ2n) is 4.91. The third kappa shape index (κ3) is 5.86. The van der Waals surface area contributed by atoms with Gasteiger partial charge in [0.25, 0.3) is 5.91 Å². The summed E-state index contributed by atoms with van der Waals surface area (Å²) in [5.74, 6) is -0.586. The van der Waals surface area contributed by atoms with E-state index in [0.717, 1.165) is 11.8 Å². The average molecular weight is 371 g/mol. The van der Waals surface area contributed by atoms with E-state index in [9.17, 15) is 19.5 Å². The van der Waals surface area contributed by atoms with Gasteiger partial charge in [-0.1, -0.05) is 11.8 Å². The summed E-state index contributed by atoms with van der Waals surface area (Å²) >= 11 is 1.01. The number of carboxylic acids is 1. The minimum absolute atomic E-state index is 0.111. The second-order valence-corrected chi connectivity index (χ2v) is 6.18. The van der Waals surface area contributed by atoms with Crippen LogP contribution in [0.2, 0.25) is 0 Å². The molecular formula is C16H21NO7S. The van der Waals surface area contributed by atoms with Gasteiger partial charge in [-0.25, -0.2) is 4.79 Å². The number of methoxy groups -OCH3 is 3. The molecule has 0 aliphatic rings. The first-order valence-electron chi connectivity index (χ1n) is 7.31. The lowest BCUT2D eigenvalue weighted by molar-refractivity contribution is -0.139. The maximum Gasteiger partial charge on any atom is 0.326 e. The Balaban J connectivity index is 2.97. The average Bonchev–Trinajstić information content (AvgIpc) is 2.58. The molecule has 1 unspecified atom stereocenters. The van der Waals surface area contributed by atoms with E-state index in [-0.39, 0.29) is 28.6 Å². The van der Waals surface area contributed by atoms with Crippen molar-refractivity contribution in [3.8, 4) is 17.2 Å². The van der Waals surface area contributed by atoms with Crippen LogP contribution < -0.4 is 19.5 Å². The lowest BCUT2D eigenvalue weighted by atomic mass is 10.1. The van der Waals surface area contributed by atoms with Crippen molar-refractivity contribution in [2.75, 3.05) is 27.1 Å². The summed E-state index contributed by atoms with van der Waals surface area (Å²) in [5.41, 5.74) is 0.167. The van der Waals surface area contributed by atoms with Crippen LogP contribution in [-0.4, -0.2) is 55.2 Å². The molecule has 9 heteroatoms. The molecule has 0 saturated carbocycles. The van der Waals surface area contributed by atoms with Crippen molar-refractivity contribution < 1.29 is 33.7 Å². The summed E-state index contributed by atoms with van der Waals surface area (Å²) in [5, 5.41) is 11.6. The third-order valence-corrected chi connectivity index (χ3v) is 4.09. The highest BCUT2D eigenvalue weighted by Gasteiger charge is 2.23. The van der Waals surface area contributed by atoms with Crippen LogP contribution in [0.3, 0.4) is 0 Å². The monoisotopic (exact) mass is 371 g/mol. The van der Waals surface area contributed by atoms with Crippen LogP contribution in [-0.2, 0) is 9.59 Å². The molecule has 0 bridgehead atoms. The van der Waals surface area contributed by atoms with E-state index >= 15 is 0 Å². The molecule has 1 aromatic rings. The minimum atomic E-state index is -1.18. The molecule has 8 nitrogen and oxygen atoms in total. The number of thioether (sulfide) groups is 1. The molecule has 0 fully saturated rings. The number of carbonyl (C=O) groups is 3. The van der Waals surface area contributed by atoms with E-state index in [0.29, 0.717) is 11.5 Å². The van der Waals surface area contributed by atoms with Crippen LogP contribution in [0.1, 0.15) is 23.7 Å². The van der Waals surface area contributed by atoms with Gasteiger partial charge in [-0.05, 0) is 18.6 Å². The van der Waals surface area contributed by atoms with Gasteiger partial charge in [-0.15, -0.1) is 0 Å². The normalized spacial score (nSPS) is 11.4. The first kappa shape index (κ1) is 20.6. The molecule has 138 valence electrons. The largest absolute Gasteiger partial charge is 0.493 e. The first-order valence-corrected chi connectivity index (χ1v) is 8.29. The lowest BCUT2D eigenvalue weighted by Gasteiger charge is -2.16. The zero-order chi connectivity index (χ0) is 19.0. The summed E-state index contributed by atoms with van der Waals surface area (Å²) in [4.78, 5) is 34.6. The molecule has 1 atom stereocenters. The van der Waals surface area contributed by atoms with Crippen molar-refractivity contribution in [2.24, 2.45) is 0 Å². The Morgan fingerprint density at radius 2 is 1.68 bits per heavy atom. The predicted octanol–water partition coefficient (Wildman–Crippen LogP) is 1.57. The summed E-state index contributed by atoms with van der Waals surface area (Å²) in [6, 6.07) is 1.75. The number of rotatable bonds is 9. The van der Waals surface area contributed by atoms with Gasteiger partial charge in [-0.2, -0.15) is 0 Å². The van der Waals surface area contributed by atoms with Crippen molar-refractivity contribution >= 4 is 28.8 Å². The van der Waals surface area contributed by atoms with E-state index in [1.165, 1.54) is 40.4 Å². The van der Waals surface area contributed by atoms with Gasteiger partial charge >= 0.3 is 5.97 Å². The van der Waals surface area contributed by atoms with Crippen LogP contribution in [0.5, 0.6) is 17.2 Å². The SMILES string of the molecule is COc1cc(C(=O)NC(CCSC(C)=O)C(=O)O)cc(OC)c1OC. The van der Waals surface area contributed by atoms with E-state index in [4.69, 9.17) is 14.2 Å². The van der Waals surface area contributed by atoms with E-state index in [1.807, 2.05) is 0 Å². The minimum Gasteiger partial charge on any atom is -0.493 e. The second kappa shape index (κ2) is 9.77. The number of carboxylic acid groups (broad SMARTS) is 1. The van der Waals surface area contributed by atoms with Gasteiger partial charge in [0.05, 0.1) is 21.3 Å². The first-order chi connectivity index (χ1) is 11.8. The molecule has 1 aromatic carbocycles. The van der Waals surface area contributed by atoms with Crippen LogP contribution in [0.15, 0.2) is 12.1 Å². The third-order valence-electron chi connectivity index (χ3n) is 3.24. The number of benzene rings is 1. The summed E-state index contributed by atoms with van der Waals surface area (Å²) in [7, 11) is 4.27. The number of hydrogen-bond donors (Lipinski definition) is 2. The quantitative estimate of drug-likeness (QED) is 0.673.